The molecule has 25 heavy (non-hydrogen) atoms. The molecule has 1 aromatic carbocycles. The van der Waals surface area contributed by atoms with E-state index in [4.69, 9.17) is 9.47 Å². The van der Waals surface area contributed by atoms with Crippen molar-refractivity contribution in [3.8, 4) is 0 Å². The van der Waals surface area contributed by atoms with Crippen molar-refractivity contribution in [2.24, 2.45) is 0 Å². The fourth-order valence-electron chi connectivity index (χ4n) is 2.96. The molecule has 0 saturated carbocycles. The van der Waals surface area contributed by atoms with Gasteiger partial charge >= 0.3 is 11.9 Å². The number of H-pyrrole nitrogens is 1. The molecule has 0 fully saturated rings. The summed E-state index contributed by atoms with van der Waals surface area (Å²) in [6, 6.07) is 9.52. The van der Waals surface area contributed by atoms with Crippen LogP contribution in [0.1, 0.15) is 60.6 Å². The van der Waals surface area contributed by atoms with Crippen LogP contribution >= 0.6 is 0 Å². The Morgan fingerprint density at radius 1 is 1.04 bits per heavy atom. The number of aromatic amines is 1. The molecule has 0 unspecified atom stereocenters. The molecule has 0 atom stereocenters. The van der Waals surface area contributed by atoms with Gasteiger partial charge in [0.05, 0.1) is 5.69 Å². The van der Waals surface area contributed by atoms with E-state index in [-0.39, 0.29) is 24.6 Å². The topological polar surface area (TPSA) is 68.4 Å². The second kappa shape index (κ2) is 7.55. The number of aromatic nitrogens is 1. The van der Waals surface area contributed by atoms with Crippen LogP contribution in [-0.2, 0) is 32.9 Å². The highest BCUT2D eigenvalue weighted by Crippen LogP contribution is 2.32. The summed E-state index contributed by atoms with van der Waals surface area (Å²) in [4.78, 5) is 26.7. The van der Waals surface area contributed by atoms with Gasteiger partial charge in [0.15, 0.2) is 0 Å². The Bertz CT molecular complexity index is 754. The van der Waals surface area contributed by atoms with Crippen molar-refractivity contribution in [2.45, 2.75) is 53.2 Å². The summed E-state index contributed by atoms with van der Waals surface area (Å²) in [5.41, 5.74) is 3.66. The van der Waals surface area contributed by atoms with Crippen LogP contribution in [0.25, 0.3) is 0 Å². The molecule has 5 nitrogen and oxygen atoms in total. The SMILES string of the molecule is CC(=O)OCc1[nH]c(C(=O)OCc2ccccc2)c(C)c1C(C)(C)C. The average Bonchev–Trinajstić information content (AvgIpc) is 2.88. The van der Waals surface area contributed by atoms with Crippen LogP contribution in [0.2, 0.25) is 0 Å². The Hall–Kier alpha value is -2.56. The third kappa shape index (κ3) is 4.72. The van der Waals surface area contributed by atoms with Crippen molar-refractivity contribution in [3.63, 3.8) is 0 Å². The van der Waals surface area contributed by atoms with Crippen molar-refractivity contribution >= 4 is 11.9 Å². The zero-order valence-corrected chi connectivity index (χ0v) is 15.4. The number of esters is 2. The molecule has 0 aliphatic heterocycles. The number of benzene rings is 1. The molecule has 0 saturated heterocycles. The first kappa shape index (κ1) is 18.8. The largest absolute Gasteiger partial charge is 0.459 e. The summed E-state index contributed by atoms with van der Waals surface area (Å²) in [6.45, 7) is 9.73. The molecule has 134 valence electrons. The van der Waals surface area contributed by atoms with Gasteiger partial charge in [-0.25, -0.2) is 4.79 Å². The fraction of sp³-hybridized carbons (Fsp3) is 0.400. The zero-order valence-electron chi connectivity index (χ0n) is 15.4. The second-order valence-corrected chi connectivity index (χ2v) is 7.07. The lowest BCUT2D eigenvalue weighted by Crippen LogP contribution is -2.15. The van der Waals surface area contributed by atoms with Crippen molar-refractivity contribution in [1.29, 1.82) is 0 Å². The van der Waals surface area contributed by atoms with Gasteiger partial charge in [-0.3, -0.25) is 4.79 Å². The van der Waals surface area contributed by atoms with Crippen LogP contribution in [0.15, 0.2) is 30.3 Å². The summed E-state index contributed by atoms with van der Waals surface area (Å²) >= 11 is 0. The molecule has 0 amide bonds. The maximum atomic E-state index is 12.5. The Morgan fingerprint density at radius 2 is 1.68 bits per heavy atom. The molecular weight excluding hydrogens is 318 g/mol. The lowest BCUT2D eigenvalue weighted by molar-refractivity contribution is -0.142. The Labute approximate surface area is 148 Å². The van der Waals surface area contributed by atoms with Gasteiger partial charge in [0.1, 0.15) is 18.9 Å². The van der Waals surface area contributed by atoms with Gasteiger partial charge in [0.25, 0.3) is 0 Å². The molecule has 2 rings (SSSR count). The summed E-state index contributed by atoms with van der Waals surface area (Å²) in [6.07, 6.45) is 0. The van der Waals surface area contributed by atoms with Gasteiger partial charge in [-0.2, -0.15) is 0 Å². The molecule has 1 heterocycles. The van der Waals surface area contributed by atoms with Crippen LogP contribution in [0, 0.1) is 6.92 Å². The standard InChI is InChI=1S/C20H25NO4/c1-13-17(20(3,4)5)16(12-24-14(2)22)21-18(13)19(23)25-11-15-9-7-6-8-10-15/h6-10,21H,11-12H2,1-5H3. The molecule has 0 bridgehead atoms. The van der Waals surface area contributed by atoms with Crippen molar-refractivity contribution < 1.29 is 19.1 Å². The summed E-state index contributed by atoms with van der Waals surface area (Å²) in [5, 5.41) is 0. The number of carbonyl (C=O) groups is 2. The lowest BCUT2D eigenvalue weighted by atomic mass is 9.84. The van der Waals surface area contributed by atoms with E-state index in [1.165, 1.54) is 6.92 Å². The van der Waals surface area contributed by atoms with E-state index in [1.54, 1.807) is 0 Å². The minimum Gasteiger partial charge on any atom is -0.459 e. The predicted molar refractivity (Wildman–Crippen MR) is 95.3 cm³/mol. The van der Waals surface area contributed by atoms with E-state index in [0.717, 1.165) is 22.4 Å². The first-order chi connectivity index (χ1) is 11.7. The zero-order chi connectivity index (χ0) is 18.6. The first-order valence-electron chi connectivity index (χ1n) is 8.26. The summed E-state index contributed by atoms with van der Waals surface area (Å²) < 4.78 is 10.5. The Balaban J connectivity index is 2.24. The first-order valence-corrected chi connectivity index (χ1v) is 8.26. The number of ether oxygens (including phenoxy) is 2. The fourth-order valence-corrected chi connectivity index (χ4v) is 2.96. The monoisotopic (exact) mass is 343 g/mol. The van der Waals surface area contributed by atoms with E-state index in [2.05, 4.69) is 25.8 Å². The number of hydrogen-bond acceptors (Lipinski definition) is 4. The third-order valence-corrected chi connectivity index (χ3v) is 3.91. The normalized spacial score (nSPS) is 11.2. The van der Waals surface area contributed by atoms with E-state index >= 15 is 0 Å². The maximum absolute atomic E-state index is 12.5. The molecule has 0 spiro atoms. The van der Waals surface area contributed by atoms with Gasteiger partial charge in [0, 0.05) is 6.92 Å². The maximum Gasteiger partial charge on any atom is 0.355 e. The minimum atomic E-state index is -0.416. The highest BCUT2D eigenvalue weighted by atomic mass is 16.5. The van der Waals surface area contributed by atoms with Gasteiger partial charge in [0.2, 0.25) is 0 Å². The van der Waals surface area contributed by atoms with Crippen LogP contribution in [0.3, 0.4) is 0 Å². The van der Waals surface area contributed by atoms with Crippen LogP contribution in [-0.4, -0.2) is 16.9 Å². The van der Waals surface area contributed by atoms with E-state index in [1.807, 2.05) is 37.3 Å². The quantitative estimate of drug-likeness (QED) is 0.832. The molecule has 0 aliphatic carbocycles. The van der Waals surface area contributed by atoms with E-state index in [9.17, 15) is 9.59 Å². The van der Waals surface area contributed by atoms with Crippen molar-refractivity contribution in [3.05, 3.63) is 58.4 Å². The molecule has 5 heteroatoms. The molecule has 1 aromatic heterocycles. The minimum absolute atomic E-state index is 0.106. The van der Waals surface area contributed by atoms with Crippen LogP contribution in [0.5, 0.6) is 0 Å². The van der Waals surface area contributed by atoms with Gasteiger partial charge in [-0.1, -0.05) is 51.1 Å². The van der Waals surface area contributed by atoms with Gasteiger partial charge in [-0.15, -0.1) is 0 Å². The van der Waals surface area contributed by atoms with Crippen LogP contribution in [0.4, 0.5) is 0 Å². The summed E-state index contributed by atoms with van der Waals surface area (Å²) in [7, 11) is 0. The smallest absolute Gasteiger partial charge is 0.355 e. The van der Waals surface area contributed by atoms with Crippen molar-refractivity contribution in [1.82, 2.24) is 4.98 Å². The highest BCUT2D eigenvalue weighted by Gasteiger charge is 2.28. The van der Waals surface area contributed by atoms with Gasteiger partial charge in [-0.05, 0) is 29.0 Å². The molecule has 0 radical (unpaired) electrons. The number of hydrogen-bond donors (Lipinski definition) is 1. The Morgan fingerprint density at radius 3 is 2.24 bits per heavy atom. The van der Waals surface area contributed by atoms with E-state index in [0.29, 0.717) is 5.69 Å². The van der Waals surface area contributed by atoms with Gasteiger partial charge < -0.3 is 14.5 Å². The average molecular weight is 343 g/mol. The second-order valence-electron chi connectivity index (χ2n) is 7.07. The molecule has 0 aliphatic rings. The van der Waals surface area contributed by atoms with Crippen LogP contribution < -0.4 is 0 Å². The lowest BCUT2D eigenvalue weighted by Gasteiger charge is -2.21. The predicted octanol–water partition coefficient (Wildman–Crippen LogP) is 4.04. The Kier molecular flexibility index (Phi) is 5.67. The highest BCUT2D eigenvalue weighted by molar-refractivity contribution is 5.90. The van der Waals surface area contributed by atoms with Crippen molar-refractivity contribution in [2.75, 3.05) is 0 Å². The number of carbonyl (C=O) groups excluding carboxylic acids is 2. The number of rotatable bonds is 5. The third-order valence-electron chi connectivity index (χ3n) is 3.91. The summed E-state index contributed by atoms with van der Waals surface area (Å²) in [5.74, 6) is -0.777. The number of nitrogens with one attached hydrogen (secondary N) is 1. The molecular formula is C20H25NO4. The molecule has 2 aromatic rings. The molecule has 1 N–H and O–H groups in total. The van der Waals surface area contributed by atoms with E-state index < -0.39 is 5.97 Å².